The predicted molar refractivity (Wildman–Crippen MR) is 132 cm³/mol. The Morgan fingerprint density at radius 2 is 1.78 bits per heavy atom. The third-order valence-electron chi connectivity index (χ3n) is 6.51. The molecule has 0 spiro atoms. The Hall–Kier alpha value is -1.70. The van der Waals surface area contributed by atoms with Crippen LogP contribution in [0.5, 0.6) is 0 Å². The van der Waals surface area contributed by atoms with Gasteiger partial charge in [0.05, 0.1) is 30.3 Å². The molecule has 0 aromatic carbocycles. The first kappa shape index (κ1) is 30.5. The summed E-state index contributed by atoms with van der Waals surface area (Å²) in [6.45, 7) is 0.772. The van der Waals surface area contributed by atoms with Crippen molar-refractivity contribution in [3.63, 3.8) is 0 Å². The van der Waals surface area contributed by atoms with Gasteiger partial charge < -0.3 is 75.6 Å². The topological polar surface area (TPSA) is 315 Å². The summed E-state index contributed by atoms with van der Waals surface area (Å²) in [5.74, 6) is -0.357. The molecule has 0 unspecified atom stereocenters. The van der Waals surface area contributed by atoms with E-state index in [1.807, 2.05) is 0 Å². The molecule has 1 aliphatic heterocycles. The van der Waals surface area contributed by atoms with Crippen LogP contribution in [0.2, 0.25) is 0 Å². The van der Waals surface area contributed by atoms with Crippen LogP contribution < -0.4 is 50.8 Å². The minimum atomic E-state index is -1.32. The molecule has 36 heavy (non-hydrogen) atoms. The molecule has 2 aliphatic rings. The highest BCUT2D eigenvalue weighted by Gasteiger charge is 2.48. The molecule has 1 saturated carbocycles. The zero-order valence-corrected chi connectivity index (χ0v) is 20.4. The largest absolute Gasteiger partial charge is 0.390 e. The number of amides is 1. The van der Waals surface area contributed by atoms with E-state index in [4.69, 9.17) is 49.6 Å². The molecule has 0 radical (unpaired) electrons. The number of ether oxygens (including phenoxy) is 2. The minimum Gasteiger partial charge on any atom is -0.390 e. The molecule has 2 fully saturated rings. The van der Waals surface area contributed by atoms with Crippen molar-refractivity contribution in [2.45, 2.75) is 86.3 Å². The van der Waals surface area contributed by atoms with Crippen LogP contribution in [0.4, 0.5) is 0 Å². The van der Waals surface area contributed by atoms with Gasteiger partial charge in [0, 0.05) is 38.3 Å². The molecule has 19 N–H and O–H groups in total. The van der Waals surface area contributed by atoms with E-state index >= 15 is 0 Å². The Morgan fingerprint density at radius 3 is 2.42 bits per heavy atom. The second-order valence-corrected chi connectivity index (χ2v) is 9.32. The van der Waals surface area contributed by atoms with Gasteiger partial charge in [-0.1, -0.05) is 0 Å². The Morgan fingerprint density at radius 1 is 1.08 bits per heavy atom. The second kappa shape index (κ2) is 14.3. The zero-order valence-electron chi connectivity index (χ0n) is 20.4. The number of aliphatic hydroxyl groups is 3. The van der Waals surface area contributed by atoms with Crippen molar-refractivity contribution in [3.8, 4) is 0 Å². The van der Waals surface area contributed by atoms with Crippen LogP contribution >= 0.6 is 0 Å². The number of hydrogen-bond acceptors (Lipinski definition) is 13. The third-order valence-corrected chi connectivity index (χ3v) is 6.51. The van der Waals surface area contributed by atoms with Crippen LogP contribution in [0.15, 0.2) is 4.99 Å². The number of carbonyl (C=O) groups excluding carboxylic acids is 1. The number of aliphatic hydroxyl groups excluding tert-OH is 3. The van der Waals surface area contributed by atoms with Crippen LogP contribution in [0, 0.1) is 0 Å². The van der Waals surface area contributed by atoms with Crippen LogP contribution in [-0.2, 0) is 14.3 Å². The number of nitrogens with two attached hydrogens (primary N) is 7. The van der Waals surface area contributed by atoms with Gasteiger partial charge in [-0.3, -0.25) is 9.79 Å². The number of guanidine groups is 1. The molecule has 1 heterocycles. The average molecular weight is 521 g/mol. The van der Waals surface area contributed by atoms with Crippen LogP contribution in [0.25, 0.3) is 0 Å². The molecule has 2 rings (SSSR count). The van der Waals surface area contributed by atoms with E-state index in [9.17, 15) is 20.1 Å². The average Bonchev–Trinajstić information content (AvgIpc) is 2.83. The summed E-state index contributed by atoms with van der Waals surface area (Å²) in [4.78, 5) is 16.1. The van der Waals surface area contributed by atoms with Crippen LogP contribution in [0.1, 0.15) is 19.3 Å². The number of aliphatic imine (C=N–C) groups is 1. The van der Waals surface area contributed by atoms with E-state index in [1.54, 1.807) is 0 Å². The molecular weight excluding hydrogens is 476 g/mol. The van der Waals surface area contributed by atoms with E-state index in [-0.39, 0.29) is 37.9 Å². The lowest BCUT2D eigenvalue weighted by Gasteiger charge is -2.47. The first-order chi connectivity index (χ1) is 17.0. The van der Waals surface area contributed by atoms with E-state index in [0.29, 0.717) is 19.4 Å². The summed E-state index contributed by atoms with van der Waals surface area (Å²) in [6.07, 6.45) is -5.21. The monoisotopic (exact) mass is 520 g/mol. The highest BCUT2D eigenvalue weighted by molar-refractivity contribution is 5.81. The maximum atomic E-state index is 12.2. The maximum Gasteiger partial charge on any atom is 0.236 e. The lowest BCUT2D eigenvalue weighted by atomic mass is 9.82. The van der Waals surface area contributed by atoms with Crippen molar-refractivity contribution < 1.29 is 29.6 Å². The summed E-state index contributed by atoms with van der Waals surface area (Å²) in [7, 11) is 0. The van der Waals surface area contributed by atoms with Gasteiger partial charge in [0.25, 0.3) is 0 Å². The van der Waals surface area contributed by atoms with Crippen molar-refractivity contribution in [2.75, 3.05) is 26.2 Å². The third kappa shape index (κ3) is 8.15. The molecule has 16 heteroatoms. The van der Waals surface area contributed by atoms with E-state index in [0.717, 1.165) is 0 Å². The zero-order chi connectivity index (χ0) is 27.0. The van der Waals surface area contributed by atoms with Crippen molar-refractivity contribution >= 4 is 11.9 Å². The van der Waals surface area contributed by atoms with Gasteiger partial charge >= 0.3 is 0 Å². The van der Waals surface area contributed by atoms with E-state index in [1.165, 1.54) is 0 Å². The minimum absolute atomic E-state index is 0.0179. The second-order valence-electron chi connectivity index (χ2n) is 9.32. The summed E-state index contributed by atoms with van der Waals surface area (Å²) >= 11 is 0. The molecular formula is C20H44N10O6. The molecule has 16 nitrogen and oxygen atoms in total. The van der Waals surface area contributed by atoms with Gasteiger partial charge in [0.15, 0.2) is 12.2 Å². The number of hydrogen-bond donors (Lipinski definition) is 12. The van der Waals surface area contributed by atoms with Gasteiger partial charge in [-0.15, -0.1) is 0 Å². The highest BCUT2D eigenvalue weighted by Crippen LogP contribution is 2.27. The molecule has 0 aromatic rings. The summed E-state index contributed by atoms with van der Waals surface area (Å²) < 4.78 is 11.7. The molecule has 0 bridgehead atoms. The number of rotatable bonds is 12. The maximum absolute atomic E-state index is 12.2. The quantitative estimate of drug-likeness (QED) is 0.0646. The molecule has 1 saturated heterocycles. The van der Waals surface area contributed by atoms with Gasteiger partial charge in [0.2, 0.25) is 5.91 Å². The molecule has 1 aliphatic carbocycles. The Labute approximate surface area is 210 Å². The lowest BCUT2D eigenvalue weighted by molar-refractivity contribution is -0.279. The van der Waals surface area contributed by atoms with Crippen LogP contribution in [0.3, 0.4) is 0 Å². The first-order valence-electron chi connectivity index (χ1n) is 12.1. The predicted octanol–water partition coefficient (Wildman–Crippen LogP) is -7.02. The van der Waals surface area contributed by atoms with Gasteiger partial charge in [-0.25, -0.2) is 0 Å². The Bertz CT molecular complexity index is 714. The molecule has 210 valence electrons. The molecule has 1 amide bonds. The molecule has 11 atom stereocenters. The molecule has 0 aromatic heterocycles. The Balaban J connectivity index is 1.91. The number of carbonyl (C=O) groups is 1. The Kier molecular flexibility index (Phi) is 12.1. The van der Waals surface area contributed by atoms with E-state index in [2.05, 4.69) is 15.6 Å². The fourth-order valence-corrected chi connectivity index (χ4v) is 4.37. The van der Waals surface area contributed by atoms with Crippen molar-refractivity contribution in [2.24, 2.45) is 45.1 Å². The smallest absolute Gasteiger partial charge is 0.236 e. The fraction of sp³-hybridized carbons (Fsp3) is 0.900. The number of nitrogens with one attached hydrogen (secondary N) is 2. The number of nitrogens with zero attached hydrogens (tertiary/aromatic N) is 1. The highest BCUT2D eigenvalue weighted by atomic mass is 16.7. The lowest BCUT2D eigenvalue weighted by Crippen LogP contribution is -2.70. The first-order valence-corrected chi connectivity index (χ1v) is 12.1. The van der Waals surface area contributed by atoms with Gasteiger partial charge in [-0.2, -0.15) is 0 Å². The van der Waals surface area contributed by atoms with Gasteiger partial charge in [0.1, 0.15) is 18.3 Å². The van der Waals surface area contributed by atoms with Crippen molar-refractivity contribution in [1.29, 1.82) is 0 Å². The standard InChI is InChI=1S/C20H44N10O6/c21-7-11-15(32)16(33)12(25)19(35-11)36-17-10(24)6-9(23)14(31)13(17)28-4-5-29-18(34)8(22)2-1-3-30-20(26)27/h8-17,19,28,31-33H,1-7,21-25H2,(H,29,34)(H4,26,27,30)/t8-,9+,10-,11+,12+,13-,14-,15+,16+,17-,19+/m0/s1. The normalized spacial score (nSPS) is 37.8. The van der Waals surface area contributed by atoms with Crippen molar-refractivity contribution in [1.82, 2.24) is 10.6 Å². The summed E-state index contributed by atoms with van der Waals surface area (Å²) in [6, 6.07) is -3.73. The van der Waals surface area contributed by atoms with Gasteiger partial charge in [-0.05, 0) is 19.3 Å². The van der Waals surface area contributed by atoms with Crippen molar-refractivity contribution in [3.05, 3.63) is 0 Å². The van der Waals surface area contributed by atoms with Crippen LogP contribution in [-0.4, -0.2) is 120 Å². The van der Waals surface area contributed by atoms with E-state index < -0.39 is 67.0 Å². The summed E-state index contributed by atoms with van der Waals surface area (Å²) in [5, 5.41) is 36.9. The summed E-state index contributed by atoms with van der Waals surface area (Å²) in [5.41, 5.74) is 40.4. The SMILES string of the molecule is NC[C@H]1O[C@H](O[C@@H]2[C@@H](NCCNC(=O)[C@@H](N)CCCN=C(N)N)[C@@H](O)[C@H](N)C[C@@H]2N)[C@H](N)[C@@H](O)[C@@H]1O. The fourth-order valence-electron chi connectivity index (χ4n) is 4.37.